The van der Waals surface area contributed by atoms with Crippen molar-refractivity contribution in [2.24, 2.45) is 0 Å². The van der Waals surface area contributed by atoms with Gasteiger partial charge in [0.1, 0.15) is 16.8 Å². The highest BCUT2D eigenvalue weighted by molar-refractivity contribution is 6.30. The fraction of sp³-hybridized carbons (Fsp3) is 0.600. The molecule has 0 aliphatic heterocycles. The number of halogens is 3. The minimum absolute atomic E-state index is 0.322. The SMILES string of the molecule is CCc1nc(Cl)c(C)c(N(C)CC(F)F)n1. The van der Waals surface area contributed by atoms with Crippen LogP contribution < -0.4 is 4.90 Å². The smallest absolute Gasteiger partial charge is 0.255 e. The lowest BCUT2D eigenvalue weighted by molar-refractivity contribution is 0.156. The third-order valence-electron chi connectivity index (χ3n) is 2.20. The van der Waals surface area contributed by atoms with E-state index in [0.29, 0.717) is 28.8 Å². The molecule has 1 aromatic rings. The largest absolute Gasteiger partial charge is 0.354 e. The van der Waals surface area contributed by atoms with Gasteiger partial charge in [-0.15, -0.1) is 0 Å². The molecule has 3 nitrogen and oxygen atoms in total. The van der Waals surface area contributed by atoms with E-state index >= 15 is 0 Å². The monoisotopic (exact) mass is 249 g/mol. The molecule has 0 bridgehead atoms. The Morgan fingerprint density at radius 1 is 1.38 bits per heavy atom. The van der Waals surface area contributed by atoms with Crippen LogP contribution >= 0.6 is 11.6 Å². The number of hydrogen-bond donors (Lipinski definition) is 0. The van der Waals surface area contributed by atoms with Crippen LogP contribution in [0.2, 0.25) is 5.15 Å². The summed E-state index contributed by atoms with van der Waals surface area (Å²) in [4.78, 5) is 9.65. The Kier molecular flexibility index (Phi) is 4.41. The Bertz CT molecular complexity index is 371. The number of aromatic nitrogens is 2. The van der Waals surface area contributed by atoms with Gasteiger partial charge in [-0.3, -0.25) is 0 Å². The normalized spacial score (nSPS) is 10.9. The van der Waals surface area contributed by atoms with Gasteiger partial charge in [-0.2, -0.15) is 0 Å². The Hall–Kier alpha value is -0.970. The second-order valence-corrected chi connectivity index (χ2v) is 3.86. The summed E-state index contributed by atoms with van der Waals surface area (Å²) in [5.74, 6) is 1.03. The zero-order chi connectivity index (χ0) is 12.3. The fourth-order valence-corrected chi connectivity index (χ4v) is 1.53. The molecule has 0 atom stereocenters. The standard InChI is InChI=1S/C10H14ClF2N3/c1-4-8-14-9(11)6(2)10(15-8)16(3)5-7(12)13/h7H,4-5H2,1-3H3. The van der Waals surface area contributed by atoms with Gasteiger partial charge in [0.15, 0.2) is 0 Å². The van der Waals surface area contributed by atoms with Crippen LogP contribution in [-0.4, -0.2) is 30.0 Å². The van der Waals surface area contributed by atoms with Crippen molar-refractivity contribution in [2.75, 3.05) is 18.5 Å². The molecule has 0 N–H and O–H groups in total. The predicted octanol–water partition coefficient (Wildman–Crippen LogP) is 2.70. The van der Waals surface area contributed by atoms with E-state index in [2.05, 4.69) is 9.97 Å². The molecule has 1 rings (SSSR count). The predicted molar refractivity (Wildman–Crippen MR) is 60.4 cm³/mol. The fourth-order valence-electron chi connectivity index (χ4n) is 1.34. The molecule has 16 heavy (non-hydrogen) atoms. The Labute approximate surface area is 98.5 Å². The highest BCUT2D eigenvalue weighted by atomic mass is 35.5. The second-order valence-electron chi connectivity index (χ2n) is 3.50. The van der Waals surface area contributed by atoms with Crippen LogP contribution in [-0.2, 0) is 6.42 Å². The summed E-state index contributed by atoms with van der Waals surface area (Å²) in [7, 11) is 1.57. The van der Waals surface area contributed by atoms with E-state index in [1.165, 1.54) is 4.90 Å². The first-order valence-electron chi connectivity index (χ1n) is 4.98. The molecule has 0 saturated heterocycles. The molecular weight excluding hydrogens is 236 g/mol. The molecular formula is C10H14ClF2N3. The summed E-state index contributed by atoms with van der Waals surface area (Å²) in [5.41, 5.74) is 0.627. The summed E-state index contributed by atoms with van der Waals surface area (Å²) >= 11 is 5.91. The molecule has 0 aromatic carbocycles. The molecule has 1 heterocycles. The van der Waals surface area contributed by atoms with E-state index < -0.39 is 6.43 Å². The van der Waals surface area contributed by atoms with Crippen LogP contribution in [0.15, 0.2) is 0 Å². The Balaban J connectivity index is 3.06. The molecule has 6 heteroatoms. The molecule has 0 spiro atoms. The minimum Gasteiger partial charge on any atom is -0.354 e. The quantitative estimate of drug-likeness (QED) is 0.769. The van der Waals surface area contributed by atoms with E-state index in [4.69, 9.17) is 11.6 Å². The van der Waals surface area contributed by atoms with Crippen molar-refractivity contribution < 1.29 is 8.78 Å². The number of aryl methyl sites for hydroxylation is 1. The number of alkyl halides is 2. The van der Waals surface area contributed by atoms with Crippen molar-refractivity contribution in [3.8, 4) is 0 Å². The van der Waals surface area contributed by atoms with Gasteiger partial charge in [-0.05, 0) is 6.92 Å². The molecule has 0 fully saturated rings. The Morgan fingerprint density at radius 3 is 2.50 bits per heavy atom. The lowest BCUT2D eigenvalue weighted by Crippen LogP contribution is -2.26. The Morgan fingerprint density at radius 2 is 2.00 bits per heavy atom. The third-order valence-corrected chi connectivity index (χ3v) is 2.56. The maximum Gasteiger partial charge on any atom is 0.255 e. The first-order valence-corrected chi connectivity index (χ1v) is 5.35. The number of nitrogens with zero attached hydrogens (tertiary/aromatic N) is 3. The van der Waals surface area contributed by atoms with Gasteiger partial charge in [0.05, 0.1) is 6.54 Å². The lowest BCUT2D eigenvalue weighted by atomic mass is 10.3. The van der Waals surface area contributed by atoms with E-state index in [-0.39, 0.29) is 6.54 Å². The second kappa shape index (κ2) is 5.39. The number of hydrogen-bond acceptors (Lipinski definition) is 3. The molecule has 0 unspecified atom stereocenters. The molecule has 0 saturated carbocycles. The topological polar surface area (TPSA) is 29.0 Å². The van der Waals surface area contributed by atoms with Gasteiger partial charge in [0.25, 0.3) is 6.43 Å². The van der Waals surface area contributed by atoms with Crippen LogP contribution in [0.1, 0.15) is 18.3 Å². The average molecular weight is 250 g/mol. The molecule has 90 valence electrons. The number of anilines is 1. The van der Waals surface area contributed by atoms with Crippen molar-refractivity contribution in [2.45, 2.75) is 26.7 Å². The summed E-state index contributed by atoms with van der Waals surface area (Å²) in [5, 5.41) is 0.322. The van der Waals surface area contributed by atoms with Crippen molar-refractivity contribution in [1.29, 1.82) is 0 Å². The molecule has 0 radical (unpaired) electrons. The summed E-state index contributed by atoms with van der Waals surface area (Å²) < 4.78 is 24.5. The summed E-state index contributed by atoms with van der Waals surface area (Å²) in [6.07, 6.45) is -1.78. The lowest BCUT2D eigenvalue weighted by Gasteiger charge is -2.20. The molecule has 0 aliphatic rings. The zero-order valence-electron chi connectivity index (χ0n) is 9.47. The van der Waals surface area contributed by atoms with Gasteiger partial charge < -0.3 is 4.90 Å². The van der Waals surface area contributed by atoms with Crippen LogP contribution in [0.5, 0.6) is 0 Å². The van der Waals surface area contributed by atoms with Crippen LogP contribution in [0, 0.1) is 6.92 Å². The van der Waals surface area contributed by atoms with Gasteiger partial charge in [0, 0.05) is 19.0 Å². The van der Waals surface area contributed by atoms with Crippen LogP contribution in [0.25, 0.3) is 0 Å². The van der Waals surface area contributed by atoms with Crippen molar-refractivity contribution in [1.82, 2.24) is 9.97 Å². The van der Waals surface area contributed by atoms with E-state index in [0.717, 1.165) is 0 Å². The molecule has 1 aromatic heterocycles. The third kappa shape index (κ3) is 3.01. The van der Waals surface area contributed by atoms with Gasteiger partial charge >= 0.3 is 0 Å². The highest BCUT2D eigenvalue weighted by Crippen LogP contribution is 2.23. The van der Waals surface area contributed by atoms with E-state index in [1.807, 2.05) is 6.92 Å². The maximum absolute atomic E-state index is 12.3. The van der Waals surface area contributed by atoms with E-state index in [1.54, 1.807) is 14.0 Å². The van der Waals surface area contributed by atoms with Gasteiger partial charge in [0.2, 0.25) is 0 Å². The first kappa shape index (κ1) is 13.1. The van der Waals surface area contributed by atoms with Gasteiger partial charge in [-0.25, -0.2) is 18.7 Å². The first-order chi connectivity index (χ1) is 7.45. The van der Waals surface area contributed by atoms with Gasteiger partial charge in [-0.1, -0.05) is 18.5 Å². The maximum atomic E-state index is 12.3. The van der Waals surface area contributed by atoms with Crippen LogP contribution in [0.4, 0.5) is 14.6 Å². The molecule has 0 amide bonds. The number of rotatable bonds is 4. The summed E-state index contributed by atoms with van der Waals surface area (Å²) in [6, 6.07) is 0. The minimum atomic E-state index is -2.40. The van der Waals surface area contributed by atoms with Crippen molar-refractivity contribution in [3.05, 3.63) is 16.5 Å². The van der Waals surface area contributed by atoms with E-state index in [9.17, 15) is 8.78 Å². The summed E-state index contributed by atoms with van der Waals surface area (Å²) in [6.45, 7) is 3.24. The zero-order valence-corrected chi connectivity index (χ0v) is 10.2. The molecule has 0 aliphatic carbocycles. The van der Waals surface area contributed by atoms with Crippen LogP contribution in [0.3, 0.4) is 0 Å². The van der Waals surface area contributed by atoms with Crippen molar-refractivity contribution in [3.63, 3.8) is 0 Å². The highest BCUT2D eigenvalue weighted by Gasteiger charge is 2.15. The van der Waals surface area contributed by atoms with Crippen molar-refractivity contribution >= 4 is 17.4 Å². The average Bonchev–Trinajstić information content (AvgIpc) is 2.20.